The van der Waals surface area contributed by atoms with Crippen LogP contribution >= 0.6 is 0 Å². The molecule has 1 aromatic rings. The predicted molar refractivity (Wildman–Crippen MR) is 50.7 cm³/mol. The summed E-state index contributed by atoms with van der Waals surface area (Å²) in [6, 6.07) is 6.36. The van der Waals surface area contributed by atoms with Crippen LogP contribution in [0.25, 0.3) is 0 Å². The molecule has 0 saturated carbocycles. The van der Waals surface area contributed by atoms with Gasteiger partial charge in [0.15, 0.2) is 0 Å². The summed E-state index contributed by atoms with van der Waals surface area (Å²) in [4.78, 5) is 31.8. The van der Waals surface area contributed by atoms with Crippen LogP contribution in [0.15, 0.2) is 24.3 Å². The van der Waals surface area contributed by atoms with Crippen molar-refractivity contribution in [1.29, 1.82) is 0 Å². The van der Waals surface area contributed by atoms with E-state index in [1.54, 1.807) is 18.2 Å². The minimum atomic E-state index is 0.396. The summed E-state index contributed by atoms with van der Waals surface area (Å²) < 4.78 is 0. The van der Waals surface area contributed by atoms with Gasteiger partial charge in [-0.15, -0.1) is 0 Å². The van der Waals surface area contributed by atoms with Gasteiger partial charge in [-0.25, -0.2) is 0 Å². The van der Waals surface area contributed by atoms with Gasteiger partial charge in [-0.1, -0.05) is 6.07 Å². The number of imide groups is 1. The quantitative estimate of drug-likeness (QED) is 0.685. The molecular formula is C9H8N2O3. The molecule has 0 aromatic heterocycles. The molecule has 0 saturated heterocycles. The van der Waals surface area contributed by atoms with Crippen LogP contribution in [0.5, 0.6) is 0 Å². The van der Waals surface area contributed by atoms with Crippen molar-refractivity contribution in [3.63, 3.8) is 0 Å². The Morgan fingerprint density at radius 1 is 1.14 bits per heavy atom. The summed E-state index contributed by atoms with van der Waals surface area (Å²) in [7, 11) is 0. The number of rotatable bonds is 5. The Balaban J connectivity index is 2.96. The first-order chi connectivity index (χ1) is 6.81. The van der Waals surface area contributed by atoms with Crippen molar-refractivity contribution in [3.05, 3.63) is 24.3 Å². The molecule has 0 unspecified atom stereocenters. The second-order valence-electron chi connectivity index (χ2n) is 2.43. The van der Waals surface area contributed by atoms with E-state index < -0.39 is 0 Å². The standard InChI is InChI=1S/C9H8N2O3/c12-5-10-8-2-1-3-9(4-8)11(6-13)7-14/h1-7H,(H,10,12). The van der Waals surface area contributed by atoms with E-state index in [2.05, 4.69) is 5.32 Å². The summed E-state index contributed by atoms with van der Waals surface area (Å²) in [5, 5.41) is 2.41. The van der Waals surface area contributed by atoms with E-state index in [1.165, 1.54) is 6.07 Å². The van der Waals surface area contributed by atoms with Crippen molar-refractivity contribution in [1.82, 2.24) is 0 Å². The first kappa shape index (κ1) is 9.91. The molecule has 1 N–H and O–H groups in total. The van der Waals surface area contributed by atoms with Crippen LogP contribution in [-0.4, -0.2) is 19.2 Å². The van der Waals surface area contributed by atoms with Crippen molar-refractivity contribution in [2.45, 2.75) is 0 Å². The molecular weight excluding hydrogens is 184 g/mol. The number of amides is 3. The molecule has 72 valence electrons. The van der Waals surface area contributed by atoms with Gasteiger partial charge in [0.25, 0.3) is 0 Å². The number of nitrogens with zero attached hydrogens (tertiary/aromatic N) is 1. The Morgan fingerprint density at radius 3 is 2.43 bits per heavy atom. The van der Waals surface area contributed by atoms with E-state index in [0.29, 0.717) is 30.6 Å². The highest BCUT2D eigenvalue weighted by Crippen LogP contribution is 2.16. The fraction of sp³-hybridized carbons (Fsp3) is 0. The lowest BCUT2D eigenvalue weighted by molar-refractivity contribution is -0.114. The Hall–Kier alpha value is -2.17. The van der Waals surface area contributed by atoms with Crippen LogP contribution in [0.4, 0.5) is 11.4 Å². The van der Waals surface area contributed by atoms with Gasteiger partial charge in [-0.3, -0.25) is 19.3 Å². The minimum Gasteiger partial charge on any atom is -0.329 e. The van der Waals surface area contributed by atoms with Gasteiger partial charge in [-0.2, -0.15) is 0 Å². The first-order valence-corrected chi connectivity index (χ1v) is 3.81. The van der Waals surface area contributed by atoms with Gasteiger partial charge >= 0.3 is 0 Å². The molecule has 0 aliphatic heterocycles. The molecule has 3 amide bonds. The number of nitrogens with one attached hydrogen (secondary N) is 1. The molecule has 0 aliphatic carbocycles. The lowest BCUT2D eigenvalue weighted by Gasteiger charge is -2.09. The van der Waals surface area contributed by atoms with Crippen molar-refractivity contribution in [2.75, 3.05) is 10.2 Å². The van der Waals surface area contributed by atoms with E-state index in [-0.39, 0.29) is 0 Å². The summed E-state index contributed by atoms with van der Waals surface area (Å²) >= 11 is 0. The highest BCUT2D eigenvalue weighted by atomic mass is 16.2. The zero-order chi connectivity index (χ0) is 10.4. The molecule has 0 aliphatic rings. The molecule has 0 spiro atoms. The highest BCUT2D eigenvalue weighted by Gasteiger charge is 2.02. The first-order valence-electron chi connectivity index (χ1n) is 3.81. The molecule has 0 radical (unpaired) electrons. The molecule has 0 atom stereocenters. The minimum absolute atomic E-state index is 0.396. The number of carbonyl (C=O) groups is 3. The zero-order valence-electron chi connectivity index (χ0n) is 7.21. The van der Waals surface area contributed by atoms with Gasteiger partial charge < -0.3 is 5.32 Å². The monoisotopic (exact) mass is 192 g/mol. The second-order valence-corrected chi connectivity index (χ2v) is 2.43. The van der Waals surface area contributed by atoms with Gasteiger partial charge in [0.05, 0.1) is 5.69 Å². The summed E-state index contributed by atoms with van der Waals surface area (Å²) in [5.41, 5.74) is 0.924. The molecule has 5 heteroatoms. The lowest BCUT2D eigenvalue weighted by Crippen LogP contribution is -2.18. The number of hydrogen-bond donors (Lipinski definition) is 1. The van der Waals surface area contributed by atoms with Crippen molar-refractivity contribution < 1.29 is 14.4 Å². The molecule has 1 aromatic carbocycles. The second kappa shape index (κ2) is 4.76. The van der Waals surface area contributed by atoms with Gasteiger partial charge in [0, 0.05) is 5.69 Å². The maximum absolute atomic E-state index is 10.4. The van der Waals surface area contributed by atoms with E-state index >= 15 is 0 Å². The topological polar surface area (TPSA) is 66.5 Å². The average Bonchev–Trinajstić information content (AvgIpc) is 2.21. The van der Waals surface area contributed by atoms with Crippen molar-refractivity contribution >= 4 is 30.6 Å². The molecule has 14 heavy (non-hydrogen) atoms. The molecule has 0 heterocycles. The normalized spacial score (nSPS) is 8.86. The van der Waals surface area contributed by atoms with Gasteiger partial charge in [-0.05, 0) is 18.2 Å². The van der Waals surface area contributed by atoms with E-state index in [9.17, 15) is 14.4 Å². The van der Waals surface area contributed by atoms with Crippen molar-refractivity contribution in [2.24, 2.45) is 0 Å². The van der Waals surface area contributed by atoms with Crippen LogP contribution < -0.4 is 10.2 Å². The van der Waals surface area contributed by atoms with Gasteiger partial charge in [0.1, 0.15) is 0 Å². The Morgan fingerprint density at radius 2 is 1.86 bits per heavy atom. The summed E-state index contributed by atoms with van der Waals surface area (Å²) in [5.74, 6) is 0. The Labute approximate surface area is 80.3 Å². The van der Waals surface area contributed by atoms with Crippen LogP contribution in [0.2, 0.25) is 0 Å². The molecule has 0 fully saturated rings. The third-order valence-electron chi connectivity index (χ3n) is 1.60. The van der Waals surface area contributed by atoms with Crippen LogP contribution in [0, 0.1) is 0 Å². The largest absolute Gasteiger partial charge is 0.329 e. The summed E-state index contributed by atoms with van der Waals surface area (Å²) in [6.45, 7) is 0. The maximum atomic E-state index is 10.4. The molecule has 0 bridgehead atoms. The third-order valence-corrected chi connectivity index (χ3v) is 1.60. The third kappa shape index (κ3) is 2.16. The number of hydrogen-bond acceptors (Lipinski definition) is 3. The van der Waals surface area contributed by atoms with Crippen LogP contribution in [0.3, 0.4) is 0 Å². The lowest BCUT2D eigenvalue weighted by atomic mass is 10.2. The van der Waals surface area contributed by atoms with Gasteiger partial charge in [0.2, 0.25) is 19.2 Å². The number of carbonyl (C=O) groups excluding carboxylic acids is 3. The SMILES string of the molecule is O=CNc1cccc(N(C=O)C=O)c1. The van der Waals surface area contributed by atoms with E-state index in [0.717, 1.165) is 4.90 Å². The average molecular weight is 192 g/mol. The summed E-state index contributed by atoms with van der Waals surface area (Å²) in [6.07, 6.45) is 1.31. The fourth-order valence-corrected chi connectivity index (χ4v) is 0.971. The van der Waals surface area contributed by atoms with Crippen LogP contribution in [-0.2, 0) is 14.4 Å². The van der Waals surface area contributed by atoms with Crippen molar-refractivity contribution in [3.8, 4) is 0 Å². The number of anilines is 2. The molecule has 5 nitrogen and oxygen atoms in total. The van der Waals surface area contributed by atoms with E-state index in [1.807, 2.05) is 0 Å². The Kier molecular flexibility index (Phi) is 3.37. The Bertz CT molecular complexity index is 344. The smallest absolute Gasteiger partial charge is 0.220 e. The molecule has 1 rings (SSSR count). The van der Waals surface area contributed by atoms with Crippen LogP contribution in [0.1, 0.15) is 0 Å². The predicted octanol–water partition coefficient (Wildman–Crippen LogP) is 0.374. The number of benzene rings is 1. The highest BCUT2D eigenvalue weighted by molar-refractivity contribution is 5.96. The fourth-order valence-electron chi connectivity index (χ4n) is 0.971. The zero-order valence-corrected chi connectivity index (χ0v) is 7.21. The maximum Gasteiger partial charge on any atom is 0.220 e. The van der Waals surface area contributed by atoms with E-state index in [4.69, 9.17) is 0 Å².